The van der Waals surface area contributed by atoms with Crippen molar-refractivity contribution in [3.63, 3.8) is 0 Å². The molecule has 0 spiro atoms. The molecule has 0 radical (unpaired) electrons. The molecule has 0 atom stereocenters. The summed E-state index contributed by atoms with van der Waals surface area (Å²) in [5.74, 6) is 0. The van der Waals surface area contributed by atoms with Gasteiger partial charge in [-0.15, -0.1) is 0 Å². The Morgan fingerprint density at radius 3 is 1.59 bits per heavy atom. The molecule has 0 bridgehead atoms. The van der Waals surface area contributed by atoms with Gasteiger partial charge in [0.25, 0.3) is 0 Å². The predicted octanol–water partition coefficient (Wildman–Crippen LogP) is 4.64. The zero-order chi connectivity index (χ0) is 11.7. The lowest BCUT2D eigenvalue weighted by molar-refractivity contribution is 0.503. The van der Waals surface area contributed by atoms with Gasteiger partial charge in [-0.3, -0.25) is 0 Å². The van der Waals surface area contributed by atoms with Gasteiger partial charge in [0.15, 0.2) is 11.2 Å². The van der Waals surface area contributed by atoms with E-state index in [1.807, 2.05) is 12.1 Å². The van der Waals surface area contributed by atoms with Crippen molar-refractivity contribution in [1.29, 1.82) is 0 Å². The van der Waals surface area contributed by atoms with E-state index in [2.05, 4.69) is 0 Å². The van der Waals surface area contributed by atoms with E-state index >= 15 is 0 Å². The minimum atomic E-state index is -2.24. The van der Waals surface area contributed by atoms with Gasteiger partial charge in [-0.05, 0) is 24.3 Å². The molecular weight excluding hydrogens is 239 g/mol. The van der Waals surface area contributed by atoms with E-state index in [1.54, 1.807) is 36.4 Å². The lowest BCUT2D eigenvalue weighted by atomic mass is 10.3. The Bertz CT molecular complexity index is 717. The molecular formula is C12H8O4P+. The van der Waals surface area contributed by atoms with E-state index in [1.165, 1.54) is 0 Å². The Kier molecular flexibility index (Phi) is 2.42. The Balaban J connectivity index is 2.59. The summed E-state index contributed by atoms with van der Waals surface area (Å²) in [6.45, 7) is 0. The lowest BCUT2D eigenvalue weighted by Gasteiger charge is -1.91. The number of para-hydroxylation sites is 4. The molecule has 3 rings (SSSR count). The average Bonchev–Trinajstić information content (AvgIpc) is 2.31. The SMILES string of the molecule is O=[p+]1oc2ccccc2oc2ccccc2o1. The Morgan fingerprint density at radius 2 is 1.12 bits per heavy atom. The maximum absolute atomic E-state index is 11.6. The summed E-state index contributed by atoms with van der Waals surface area (Å²) in [5.41, 5.74) is 1.85. The fourth-order valence-electron chi connectivity index (χ4n) is 1.52. The van der Waals surface area contributed by atoms with Crippen molar-refractivity contribution in [2.45, 2.75) is 0 Å². The van der Waals surface area contributed by atoms with Crippen LogP contribution in [-0.2, 0) is 4.57 Å². The van der Waals surface area contributed by atoms with Crippen LogP contribution in [-0.4, -0.2) is 0 Å². The molecule has 1 heterocycles. The van der Waals surface area contributed by atoms with E-state index in [-0.39, 0.29) is 0 Å². The van der Waals surface area contributed by atoms with Crippen molar-refractivity contribution in [2.24, 2.45) is 0 Å². The summed E-state index contributed by atoms with van der Waals surface area (Å²) in [7, 11) is -2.24. The minimum absolute atomic E-state index is 0.406. The van der Waals surface area contributed by atoms with Gasteiger partial charge in [-0.25, -0.2) is 8.39 Å². The Morgan fingerprint density at radius 1 is 0.706 bits per heavy atom. The van der Waals surface area contributed by atoms with E-state index < -0.39 is 7.89 Å². The maximum atomic E-state index is 11.6. The molecule has 3 aromatic rings. The standard InChI is InChI=1S/C12H8O4P/c13-17-15-11-7-3-1-5-9(11)14-10-6-2-4-8-12(10)16-17/h1-8H/q+1. The summed E-state index contributed by atoms with van der Waals surface area (Å²) >= 11 is 0. The summed E-state index contributed by atoms with van der Waals surface area (Å²) in [5, 5.41) is 0. The molecule has 4 nitrogen and oxygen atoms in total. The zero-order valence-electron chi connectivity index (χ0n) is 8.70. The number of hydrogen-bond donors (Lipinski definition) is 0. The van der Waals surface area contributed by atoms with Gasteiger partial charge in [0, 0.05) is 4.57 Å². The largest absolute Gasteiger partial charge is 0.805 e. The van der Waals surface area contributed by atoms with Crippen molar-refractivity contribution in [2.75, 3.05) is 0 Å². The van der Waals surface area contributed by atoms with Crippen LogP contribution < -0.4 is 0 Å². The molecule has 5 heteroatoms. The summed E-state index contributed by atoms with van der Waals surface area (Å²) in [6.07, 6.45) is 0. The second-order valence-electron chi connectivity index (χ2n) is 3.40. The number of benzene rings is 2. The molecule has 2 aromatic carbocycles. The molecule has 0 N–H and O–H groups in total. The molecule has 84 valence electrons. The molecule has 0 aliphatic heterocycles. The average molecular weight is 247 g/mol. The van der Waals surface area contributed by atoms with Crippen LogP contribution in [0.5, 0.6) is 0 Å². The molecule has 0 amide bonds. The monoisotopic (exact) mass is 247 g/mol. The van der Waals surface area contributed by atoms with Crippen LogP contribution in [0, 0.1) is 0 Å². The first-order chi connectivity index (χ1) is 8.33. The molecule has 0 saturated carbocycles. The Hall–Kier alpha value is -2.06. The second kappa shape index (κ2) is 4.07. The summed E-state index contributed by atoms with van der Waals surface area (Å²) < 4.78 is 27.6. The van der Waals surface area contributed by atoms with Gasteiger partial charge in [0.05, 0.1) is 0 Å². The molecule has 17 heavy (non-hydrogen) atoms. The first kappa shape index (κ1) is 10.1. The highest BCUT2D eigenvalue weighted by atomic mass is 31.1. The van der Waals surface area contributed by atoms with Crippen LogP contribution in [0.25, 0.3) is 22.3 Å². The summed E-state index contributed by atoms with van der Waals surface area (Å²) in [4.78, 5) is 0. The molecule has 0 aliphatic carbocycles. The molecule has 0 unspecified atom stereocenters. The predicted molar refractivity (Wildman–Crippen MR) is 63.5 cm³/mol. The number of hydrogen-bond acceptors (Lipinski definition) is 4. The van der Waals surface area contributed by atoms with Gasteiger partial charge in [-0.2, -0.15) is 0 Å². The topological polar surface area (TPSA) is 56.5 Å². The third-order valence-electron chi connectivity index (χ3n) is 2.26. The highest BCUT2D eigenvalue weighted by molar-refractivity contribution is 7.22. The maximum Gasteiger partial charge on any atom is 0.805 e. The first-order valence-corrected chi connectivity index (χ1v) is 6.11. The van der Waals surface area contributed by atoms with Crippen LogP contribution >= 0.6 is 7.89 Å². The third kappa shape index (κ3) is 1.95. The zero-order valence-corrected chi connectivity index (χ0v) is 9.59. The third-order valence-corrected chi connectivity index (χ3v) is 2.96. The molecule has 1 aromatic heterocycles. The van der Waals surface area contributed by atoms with Crippen LogP contribution in [0.1, 0.15) is 0 Å². The van der Waals surface area contributed by atoms with Crippen molar-refractivity contribution >= 4 is 30.2 Å². The molecule has 0 aliphatic rings. The quantitative estimate of drug-likeness (QED) is 0.580. The highest BCUT2D eigenvalue weighted by Crippen LogP contribution is 2.24. The lowest BCUT2D eigenvalue weighted by Crippen LogP contribution is -1.70. The van der Waals surface area contributed by atoms with Crippen LogP contribution in [0.15, 0.2) is 61.3 Å². The van der Waals surface area contributed by atoms with Gasteiger partial charge >= 0.3 is 7.89 Å². The van der Waals surface area contributed by atoms with Crippen LogP contribution in [0.4, 0.5) is 0 Å². The van der Waals surface area contributed by atoms with Crippen molar-refractivity contribution in [3.05, 3.63) is 48.5 Å². The fourth-order valence-corrected chi connectivity index (χ4v) is 2.18. The van der Waals surface area contributed by atoms with Crippen molar-refractivity contribution in [1.82, 2.24) is 0 Å². The number of fused-ring (bicyclic) bond motifs is 2. The Labute approximate surface area is 96.7 Å². The van der Waals surface area contributed by atoms with E-state index in [4.69, 9.17) is 12.8 Å². The highest BCUT2D eigenvalue weighted by Gasteiger charge is 2.07. The van der Waals surface area contributed by atoms with Crippen molar-refractivity contribution < 1.29 is 17.4 Å². The smallest absolute Gasteiger partial charge is 0.449 e. The molecule has 0 fully saturated rings. The van der Waals surface area contributed by atoms with Crippen molar-refractivity contribution in [3.8, 4) is 0 Å². The van der Waals surface area contributed by atoms with Gasteiger partial charge in [0.2, 0.25) is 11.2 Å². The summed E-state index contributed by atoms with van der Waals surface area (Å²) in [6, 6.07) is 14.1. The van der Waals surface area contributed by atoms with Gasteiger partial charge in [-0.1, -0.05) is 24.3 Å². The normalized spacial score (nSPS) is 10.6. The van der Waals surface area contributed by atoms with Crippen LogP contribution in [0.3, 0.4) is 0 Å². The van der Waals surface area contributed by atoms with Gasteiger partial charge < -0.3 is 4.42 Å². The van der Waals surface area contributed by atoms with Gasteiger partial charge in [0.1, 0.15) is 0 Å². The molecule has 0 saturated heterocycles. The number of rotatable bonds is 0. The van der Waals surface area contributed by atoms with E-state index in [0.29, 0.717) is 22.3 Å². The second-order valence-corrected chi connectivity index (χ2v) is 4.21. The first-order valence-electron chi connectivity index (χ1n) is 5.02. The minimum Gasteiger partial charge on any atom is -0.449 e. The van der Waals surface area contributed by atoms with Crippen LogP contribution in [0.2, 0.25) is 0 Å². The van der Waals surface area contributed by atoms with E-state index in [9.17, 15) is 4.57 Å². The fraction of sp³-hybridized carbons (Fsp3) is 0. The van der Waals surface area contributed by atoms with E-state index in [0.717, 1.165) is 0 Å².